The van der Waals surface area contributed by atoms with E-state index in [0.29, 0.717) is 18.4 Å². The number of nitrogens with one attached hydrogen (secondary N) is 1. The quantitative estimate of drug-likeness (QED) is 0.811. The minimum atomic E-state index is -1.09. The van der Waals surface area contributed by atoms with E-state index in [4.69, 9.17) is 4.74 Å². The average Bonchev–Trinajstić information content (AvgIpc) is 3.11. The lowest BCUT2D eigenvalue weighted by molar-refractivity contribution is -0.136. The first-order chi connectivity index (χ1) is 12.4. The maximum Gasteiger partial charge on any atom is 0.345 e. The molecule has 26 heavy (non-hydrogen) atoms. The number of hydrogen-bond donors (Lipinski definition) is 2. The van der Waals surface area contributed by atoms with Crippen LogP contribution in [0, 0.1) is 11.2 Å². The smallest absolute Gasteiger partial charge is 0.345 e. The van der Waals surface area contributed by atoms with Crippen LogP contribution in [0.5, 0.6) is 0 Å². The zero-order chi connectivity index (χ0) is 18.9. The van der Waals surface area contributed by atoms with Crippen LogP contribution in [-0.4, -0.2) is 29.9 Å². The van der Waals surface area contributed by atoms with Gasteiger partial charge in [0.15, 0.2) is 0 Å². The summed E-state index contributed by atoms with van der Waals surface area (Å²) in [7, 11) is 1.20. The molecule has 1 heterocycles. The molecule has 7 heteroatoms. The minimum absolute atomic E-state index is 0.0476. The second-order valence-electron chi connectivity index (χ2n) is 6.67. The van der Waals surface area contributed by atoms with Crippen molar-refractivity contribution in [3.63, 3.8) is 0 Å². The molecular weight excluding hydrogens is 339 g/mol. The van der Waals surface area contributed by atoms with E-state index in [2.05, 4.69) is 10.3 Å². The number of hydrogen-bond acceptors (Lipinski definition) is 5. The van der Waals surface area contributed by atoms with Gasteiger partial charge in [0, 0.05) is 0 Å². The van der Waals surface area contributed by atoms with Gasteiger partial charge in [-0.2, -0.15) is 0 Å². The van der Waals surface area contributed by atoms with Crippen molar-refractivity contribution in [3.8, 4) is 0 Å². The summed E-state index contributed by atoms with van der Waals surface area (Å²) in [5, 5.41) is 13.4. The van der Waals surface area contributed by atoms with E-state index >= 15 is 0 Å². The Hall–Kier alpha value is -2.70. The summed E-state index contributed by atoms with van der Waals surface area (Å²) in [5.41, 5.74) is -0.640. The molecule has 3 rings (SSSR count). The summed E-state index contributed by atoms with van der Waals surface area (Å²) in [6, 6.07) is 5.37. The van der Waals surface area contributed by atoms with Crippen LogP contribution in [-0.2, 0) is 14.3 Å². The van der Waals surface area contributed by atoms with Gasteiger partial charge in [-0.05, 0) is 37.5 Å². The summed E-state index contributed by atoms with van der Waals surface area (Å²) < 4.78 is 18.2. The van der Waals surface area contributed by atoms with Gasteiger partial charge in [-0.15, -0.1) is 0 Å². The first kappa shape index (κ1) is 18.1. The number of esters is 1. The monoisotopic (exact) mass is 360 g/mol. The van der Waals surface area contributed by atoms with Crippen molar-refractivity contribution in [2.75, 3.05) is 7.11 Å². The molecule has 1 spiro atoms. The zero-order valence-electron chi connectivity index (χ0n) is 14.7. The number of methoxy groups -OCH3 is 1. The number of amidine groups is 1. The lowest BCUT2D eigenvalue weighted by Crippen LogP contribution is -2.51. The van der Waals surface area contributed by atoms with Gasteiger partial charge in [-0.1, -0.05) is 25.0 Å². The van der Waals surface area contributed by atoms with Crippen molar-refractivity contribution in [2.45, 2.75) is 38.6 Å². The number of carbonyl (C=O) groups is 2. The van der Waals surface area contributed by atoms with Crippen molar-refractivity contribution in [2.24, 2.45) is 10.4 Å². The summed E-state index contributed by atoms with van der Waals surface area (Å²) >= 11 is 0. The Kier molecular flexibility index (Phi) is 4.80. The molecular formula is C19H21FN2O4. The molecule has 1 aliphatic heterocycles. The van der Waals surface area contributed by atoms with E-state index < -0.39 is 23.2 Å². The molecule has 1 aromatic carbocycles. The van der Waals surface area contributed by atoms with E-state index in [1.54, 1.807) is 19.1 Å². The number of ether oxygens (including phenoxy) is 1. The van der Waals surface area contributed by atoms with Gasteiger partial charge in [-0.25, -0.2) is 9.18 Å². The van der Waals surface area contributed by atoms with Gasteiger partial charge >= 0.3 is 5.97 Å². The molecule has 138 valence electrons. The molecule has 1 amide bonds. The normalized spacial score (nSPS) is 21.8. The first-order valence-corrected chi connectivity index (χ1v) is 8.56. The van der Waals surface area contributed by atoms with Gasteiger partial charge in [0.25, 0.3) is 0 Å². The topological polar surface area (TPSA) is 88.0 Å². The zero-order valence-corrected chi connectivity index (χ0v) is 14.7. The van der Waals surface area contributed by atoms with Gasteiger partial charge in [-0.3, -0.25) is 9.79 Å². The molecule has 0 bridgehead atoms. The second-order valence-corrected chi connectivity index (χ2v) is 6.67. The fourth-order valence-corrected chi connectivity index (χ4v) is 3.62. The van der Waals surface area contributed by atoms with Crippen LogP contribution in [0.25, 0.3) is 0 Å². The molecule has 6 nitrogen and oxygen atoms in total. The van der Waals surface area contributed by atoms with Crippen LogP contribution in [0.3, 0.4) is 0 Å². The summed E-state index contributed by atoms with van der Waals surface area (Å²) in [6.07, 6.45) is 2.52. The van der Waals surface area contributed by atoms with E-state index in [1.807, 2.05) is 0 Å². The van der Waals surface area contributed by atoms with E-state index in [-0.39, 0.29) is 23.1 Å². The standard InChI is InChI=1S/C19H21FN2O4/c1-11(12-6-5-7-13(20)10-12)21-16-14(17(24)26-2)15(23)19(18(25)22-16)8-3-4-9-19/h5-7,10-11,23H,3-4,8-9H2,1-2H3,(H,21,22,25)/t11-/m0/s1. The SMILES string of the molecule is COC(=O)C1=C(O)C2(CCCC2)C(=O)NC1=N[C@@H](C)c1cccc(F)c1. The molecule has 1 atom stereocenters. The number of carbonyl (C=O) groups excluding carboxylic acids is 2. The van der Waals surface area contributed by atoms with Crippen LogP contribution >= 0.6 is 0 Å². The van der Waals surface area contributed by atoms with Crippen LogP contribution in [0.4, 0.5) is 4.39 Å². The number of nitrogens with zero attached hydrogens (tertiary/aromatic N) is 1. The van der Waals surface area contributed by atoms with Crippen LogP contribution < -0.4 is 5.32 Å². The lowest BCUT2D eigenvalue weighted by atomic mass is 9.78. The molecule has 0 radical (unpaired) electrons. The van der Waals surface area contributed by atoms with Crippen molar-refractivity contribution in [1.29, 1.82) is 0 Å². The second kappa shape index (κ2) is 6.90. The molecule has 0 unspecified atom stereocenters. The highest BCUT2D eigenvalue weighted by Crippen LogP contribution is 2.46. The molecule has 0 saturated heterocycles. The van der Waals surface area contributed by atoms with Crippen molar-refractivity contribution < 1.29 is 23.8 Å². The molecule has 1 aromatic rings. The van der Waals surface area contributed by atoms with Gasteiger partial charge < -0.3 is 15.2 Å². The number of amides is 1. The highest BCUT2D eigenvalue weighted by molar-refractivity contribution is 6.26. The molecule has 1 saturated carbocycles. The number of aliphatic imine (C=N–C) groups is 1. The highest BCUT2D eigenvalue weighted by atomic mass is 19.1. The van der Waals surface area contributed by atoms with Gasteiger partial charge in [0.05, 0.1) is 13.2 Å². The third-order valence-corrected chi connectivity index (χ3v) is 5.09. The first-order valence-electron chi connectivity index (χ1n) is 8.56. The third-order valence-electron chi connectivity index (χ3n) is 5.09. The Morgan fingerprint density at radius 1 is 1.38 bits per heavy atom. The maximum absolute atomic E-state index is 13.4. The Balaban J connectivity index is 2.06. The van der Waals surface area contributed by atoms with Crippen molar-refractivity contribution >= 4 is 17.7 Å². The Morgan fingerprint density at radius 3 is 2.69 bits per heavy atom. The van der Waals surface area contributed by atoms with Gasteiger partial charge in [0.2, 0.25) is 5.91 Å². The minimum Gasteiger partial charge on any atom is -0.510 e. The largest absolute Gasteiger partial charge is 0.510 e. The highest BCUT2D eigenvalue weighted by Gasteiger charge is 2.51. The lowest BCUT2D eigenvalue weighted by Gasteiger charge is -2.33. The molecule has 1 aliphatic carbocycles. The Labute approximate surface area is 150 Å². The Bertz CT molecular complexity index is 810. The molecule has 0 aromatic heterocycles. The fourth-order valence-electron chi connectivity index (χ4n) is 3.62. The molecule has 2 N–H and O–H groups in total. The van der Waals surface area contributed by atoms with Crippen LogP contribution in [0.15, 0.2) is 40.6 Å². The van der Waals surface area contributed by atoms with Crippen LogP contribution in [0.2, 0.25) is 0 Å². The number of rotatable bonds is 3. The number of benzene rings is 1. The predicted molar refractivity (Wildman–Crippen MR) is 93.0 cm³/mol. The van der Waals surface area contributed by atoms with E-state index in [9.17, 15) is 19.1 Å². The van der Waals surface area contributed by atoms with Gasteiger partial charge in [0.1, 0.15) is 28.4 Å². The van der Waals surface area contributed by atoms with Crippen LogP contribution in [0.1, 0.15) is 44.2 Å². The Morgan fingerprint density at radius 2 is 2.08 bits per heavy atom. The number of halogens is 1. The molecule has 1 fully saturated rings. The number of aliphatic hydroxyl groups excluding tert-OH is 1. The predicted octanol–water partition coefficient (Wildman–Crippen LogP) is 2.96. The van der Waals surface area contributed by atoms with Crippen molar-refractivity contribution in [3.05, 3.63) is 47.0 Å². The third kappa shape index (κ3) is 2.98. The van der Waals surface area contributed by atoms with E-state index in [1.165, 1.54) is 19.2 Å². The van der Waals surface area contributed by atoms with E-state index in [0.717, 1.165) is 12.8 Å². The van der Waals surface area contributed by atoms with Crippen molar-refractivity contribution in [1.82, 2.24) is 5.32 Å². The summed E-state index contributed by atoms with van der Waals surface area (Å²) in [4.78, 5) is 29.3. The fraction of sp³-hybridized carbons (Fsp3) is 0.421. The number of aliphatic hydroxyl groups is 1. The molecule has 2 aliphatic rings. The average molecular weight is 360 g/mol. The summed E-state index contributed by atoms with van der Waals surface area (Å²) in [5.74, 6) is -1.87. The maximum atomic E-state index is 13.4. The summed E-state index contributed by atoms with van der Waals surface area (Å²) in [6.45, 7) is 1.71.